The van der Waals surface area contributed by atoms with Crippen molar-refractivity contribution in [2.75, 3.05) is 13.1 Å². The Morgan fingerprint density at radius 1 is 1.15 bits per heavy atom. The summed E-state index contributed by atoms with van der Waals surface area (Å²) >= 11 is 0. The minimum atomic E-state index is -0.604. The van der Waals surface area contributed by atoms with Crippen molar-refractivity contribution >= 4 is 5.91 Å². The average molecular weight is 278 g/mol. The van der Waals surface area contributed by atoms with Crippen LogP contribution in [-0.4, -0.2) is 30.1 Å². The molecule has 0 saturated heterocycles. The fourth-order valence-corrected chi connectivity index (χ4v) is 1.93. The van der Waals surface area contributed by atoms with Crippen LogP contribution in [0.5, 0.6) is 0 Å². The molecule has 20 heavy (non-hydrogen) atoms. The Balaban J connectivity index is 2.50. The Kier molecular flexibility index (Phi) is 6.68. The highest BCUT2D eigenvalue weighted by Crippen LogP contribution is 2.18. The number of nitrogens with one attached hydrogen (secondary N) is 2. The zero-order valence-electron chi connectivity index (χ0n) is 12.8. The first kappa shape index (κ1) is 16.7. The van der Waals surface area contributed by atoms with Crippen LogP contribution >= 0.6 is 0 Å². The van der Waals surface area contributed by atoms with Gasteiger partial charge in [0.2, 0.25) is 5.91 Å². The number of aliphatic hydroxyl groups excluding tert-OH is 1. The van der Waals surface area contributed by atoms with Crippen LogP contribution in [0.3, 0.4) is 0 Å². The highest BCUT2D eigenvalue weighted by molar-refractivity contribution is 5.81. The third-order valence-corrected chi connectivity index (χ3v) is 3.35. The first-order valence-electron chi connectivity index (χ1n) is 7.24. The van der Waals surface area contributed by atoms with E-state index in [-0.39, 0.29) is 11.9 Å². The molecule has 2 atom stereocenters. The third kappa shape index (κ3) is 4.94. The molecule has 0 aliphatic rings. The number of rotatable bonds is 7. The molecule has 2 unspecified atom stereocenters. The summed E-state index contributed by atoms with van der Waals surface area (Å²) in [5.74, 6) is 0.437. The molecular weight excluding hydrogens is 252 g/mol. The van der Waals surface area contributed by atoms with Crippen LogP contribution in [0.25, 0.3) is 0 Å². The molecule has 0 radical (unpaired) electrons. The van der Waals surface area contributed by atoms with Gasteiger partial charge >= 0.3 is 0 Å². The third-order valence-electron chi connectivity index (χ3n) is 3.35. The summed E-state index contributed by atoms with van der Waals surface area (Å²) in [5, 5.41) is 15.9. The van der Waals surface area contributed by atoms with E-state index in [9.17, 15) is 9.90 Å². The van der Waals surface area contributed by atoms with E-state index in [1.807, 2.05) is 31.2 Å². The Hall–Kier alpha value is -1.39. The summed E-state index contributed by atoms with van der Waals surface area (Å²) in [6, 6.07) is 7.66. The Morgan fingerprint density at radius 2 is 1.70 bits per heavy atom. The number of aliphatic hydroxyl groups is 1. The fraction of sp³-hybridized carbons (Fsp3) is 0.562. The van der Waals surface area contributed by atoms with Crippen LogP contribution in [0.4, 0.5) is 0 Å². The van der Waals surface area contributed by atoms with Crippen LogP contribution in [-0.2, 0) is 4.79 Å². The molecule has 0 bridgehead atoms. The molecule has 0 aliphatic heterocycles. The summed E-state index contributed by atoms with van der Waals surface area (Å²) in [6.07, 6.45) is -0.604. The molecule has 1 amide bonds. The topological polar surface area (TPSA) is 61.4 Å². The lowest BCUT2D eigenvalue weighted by Crippen LogP contribution is -2.43. The van der Waals surface area contributed by atoms with Gasteiger partial charge in [0.25, 0.3) is 0 Å². The summed E-state index contributed by atoms with van der Waals surface area (Å²) in [5.41, 5.74) is 2.12. The van der Waals surface area contributed by atoms with Crippen molar-refractivity contribution in [3.8, 4) is 0 Å². The van der Waals surface area contributed by atoms with Crippen molar-refractivity contribution < 1.29 is 9.90 Å². The molecule has 0 spiro atoms. The van der Waals surface area contributed by atoms with E-state index in [4.69, 9.17) is 0 Å². The molecule has 3 N–H and O–H groups in total. The maximum absolute atomic E-state index is 11.6. The van der Waals surface area contributed by atoms with Gasteiger partial charge in [-0.05, 0) is 30.9 Å². The lowest BCUT2D eigenvalue weighted by atomic mass is 10.00. The van der Waals surface area contributed by atoms with Crippen LogP contribution in [0.1, 0.15) is 50.8 Å². The second kappa shape index (κ2) is 8.02. The first-order valence-corrected chi connectivity index (χ1v) is 7.24. The van der Waals surface area contributed by atoms with Gasteiger partial charge in [-0.3, -0.25) is 4.79 Å². The predicted octanol–water partition coefficient (Wildman–Crippen LogP) is 1.96. The molecular formula is C16H26N2O2. The number of hydrogen-bond acceptors (Lipinski definition) is 3. The monoisotopic (exact) mass is 278 g/mol. The Bertz CT molecular complexity index is 415. The van der Waals surface area contributed by atoms with Crippen molar-refractivity contribution in [1.82, 2.24) is 10.6 Å². The molecule has 0 aromatic heterocycles. The number of hydrogen-bond donors (Lipinski definition) is 3. The van der Waals surface area contributed by atoms with Crippen molar-refractivity contribution in [3.63, 3.8) is 0 Å². The van der Waals surface area contributed by atoms with E-state index in [2.05, 4.69) is 24.5 Å². The van der Waals surface area contributed by atoms with E-state index in [1.165, 1.54) is 5.56 Å². The van der Waals surface area contributed by atoms with Gasteiger partial charge in [0.15, 0.2) is 0 Å². The molecule has 4 heteroatoms. The van der Waals surface area contributed by atoms with E-state index in [0.29, 0.717) is 19.0 Å². The minimum Gasteiger partial charge on any atom is -0.387 e. The van der Waals surface area contributed by atoms with Crippen molar-refractivity contribution in [2.24, 2.45) is 0 Å². The molecule has 112 valence electrons. The first-order chi connectivity index (χ1) is 9.45. The van der Waals surface area contributed by atoms with Gasteiger partial charge < -0.3 is 15.7 Å². The lowest BCUT2D eigenvalue weighted by molar-refractivity contribution is -0.122. The maximum atomic E-state index is 11.6. The van der Waals surface area contributed by atoms with Gasteiger partial charge in [0, 0.05) is 13.1 Å². The van der Waals surface area contributed by atoms with Gasteiger partial charge in [-0.1, -0.05) is 38.1 Å². The predicted molar refractivity (Wildman–Crippen MR) is 81.6 cm³/mol. The lowest BCUT2D eigenvalue weighted by Gasteiger charge is -2.17. The molecule has 4 nitrogen and oxygen atoms in total. The van der Waals surface area contributed by atoms with Gasteiger partial charge in [-0.25, -0.2) is 0 Å². The summed E-state index contributed by atoms with van der Waals surface area (Å²) < 4.78 is 0. The molecule has 0 fully saturated rings. The van der Waals surface area contributed by atoms with Crippen molar-refractivity contribution in [3.05, 3.63) is 35.4 Å². The fourth-order valence-electron chi connectivity index (χ4n) is 1.93. The maximum Gasteiger partial charge on any atom is 0.236 e. The van der Waals surface area contributed by atoms with Crippen LogP contribution in [0.2, 0.25) is 0 Å². The molecule has 1 rings (SSSR count). The average Bonchev–Trinajstić information content (AvgIpc) is 2.44. The second-order valence-corrected chi connectivity index (χ2v) is 5.36. The van der Waals surface area contributed by atoms with Gasteiger partial charge in [0.1, 0.15) is 0 Å². The van der Waals surface area contributed by atoms with Crippen LogP contribution < -0.4 is 10.6 Å². The van der Waals surface area contributed by atoms with E-state index in [1.54, 1.807) is 6.92 Å². The van der Waals surface area contributed by atoms with Gasteiger partial charge in [-0.15, -0.1) is 0 Å². The van der Waals surface area contributed by atoms with E-state index in [0.717, 1.165) is 5.56 Å². The van der Waals surface area contributed by atoms with E-state index < -0.39 is 6.10 Å². The second-order valence-electron chi connectivity index (χ2n) is 5.36. The molecule has 0 saturated carbocycles. The van der Waals surface area contributed by atoms with Gasteiger partial charge in [-0.2, -0.15) is 0 Å². The smallest absolute Gasteiger partial charge is 0.236 e. The standard InChI is InChI=1S/C16H26N2O2/c1-5-17-16(20)12(4)18-10-15(19)14-8-6-13(7-9-14)11(2)3/h6-9,11-12,15,18-19H,5,10H2,1-4H3,(H,17,20). The zero-order valence-corrected chi connectivity index (χ0v) is 12.8. The van der Waals surface area contributed by atoms with Crippen LogP contribution in [0.15, 0.2) is 24.3 Å². The number of carbonyl (C=O) groups is 1. The zero-order chi connectivity index (χ0) is 15.1. The van der Waals surface area contributed by atoms with Crippen molar-refractivity contribution in [1.29, 1.82) is 0 Å². The summed E-state index contributed by atoms with van der Waals surface area (Å²) in [4.78, 5) is 11.6. The minimum absolute atomic E-state index is 0.0464. The summed E-state index contributed by atoms with van der Waals surface area (Å²) in [6.45, 7) is 8.93. The van der Waals surface area contributed by atoms with Crippen molar-refractivity contribution in [2.45, 2.75) is 45.8 Å². The Morgan fingerprint density at radius 3 is 2.20 bits per heavy atom. The molecule has 0 aliphatic carbocycles. The number of benzene rings is 1. The largest absolute Gasteiger partial charge is 0.387 e. The normalized spacial score (nSPS) is 14.1. The SMILES string of the molecule is CCNC(=O)C(C)NCC(O)c1ccc(C(C)C)cc1. The number of likely N-dealkylation sites (N-methyl/N-ethyl adjacent to an activating group) is 1. The number of carbonyl (C=O) groups excluding carboxylic acids is 1. The van der Waals surface area contributed by atoms with Gasteiger partial charge in [0.05, 0.1) is 12.1 Å². The van der Waals surface area contributed by atoms with Crippen LogP contribution in [0, 0.1) is 0 Å². The quantitative estimate of drug-likeness (QED) is 0.714. The highest BCUT2D eigenvalue weighted by atomic mass is 16.3. The molecule has 1 aromatic rings. The van der Waals surface area contributed by atoms with E-state index >= 15 is 0 Å². The summed E-state index contributed by atoms with van der Waals surface area (Å²) in [7, 11) is 0. The molecule has 0 heterocycles. The molecule has 1 aromatic carbocycles. The number of amides is 1. The highest BCUT2D eigenvalue weighted by Gasteiger charge is 2.14. The Labute approximate surface area is 121 Å².